The highest BCUT2D eigenvalue weighted by Crippen LogP contribution is 2.36. The van der Waals surface area contributed by atoms with Crippen LogP contribution < -0.4 is 0 Å². The third-order valence-electron chi connectivity index (χ3n) is 5.92. The molecule has 144 valence electrons. The molecule has 2 aromatic rings. The van der Waals surface area contributed by atoms with Crippen LogP contribution in [-0.4, -0.2) is 13.2 Å². The van der Waals surface area contributed by atoms with E-state index in [-0.39, 0.29) is 0 Å². The van der Waals surface area contributed by atoms with Gasteiger partial charge < -0.3 is 4.74 Å². The summed E-state index contributed by atoms with van der Waals surface area (Å²) in [4.78, 5) is 0. The lowest BCUT2D eigenvalue weighted by Gasteiger charge is -2.28. The number of aryl methyl sites for hydroxylation is 1. The molecule has 0 aliphatic heterocycles. The zero-order valence-electron chi connectivity index (χ0n) is 16.8. The van der Waals surface area contributed by atoms with Gasteiger partial charge in [0, 0.05) is 6.61 Å². The maximum atomic E-state index is 5.64. The van der Waals surface area contributed by atoms with Crippen LogP contribution in [-0.2, 0) is 11.2 Å². The first-order chi connectivity index (χ1) is 13.3. The second kappa shape index (κ2) is 10.5. The molecule has 1 nitrogen and oxygen atoms in total. The molecular formula is C26H34O. The van der Waals surface area contributed by atoms with E-state index in [0.717, 1.165) is 12.5 Å². The van der Waals surface area contributed by atoms with Gasteiger partial charge >= 0.3 is 0 Å². The van der Waals surface area contributed by atoms with Crippen molar-refractivity contribution in [3.63, 3.8) is 0 Å². The van der Waals surface area contributed by atoms with Crippen molar-refractivity contribution in [1.82, 2.24) is 0 Å². The first kappa shape index (κ1) is 19.9. The smallest absolute Gasteiger partial charge is 0.0644 e. The van der Waals surface area contributed by atoms with Crippen molar-refractivity contribution >= 4 is 0 Å². The molecule has 1 heteroatoms. The average molecular weight is 363 g/mol. The molecule has 1 fully saturated rings. The summed E-state index contributed by atoms with van der Waals surface area (Å²) >= 11 is 0. The van der Waals surface area contributed by atoms with E-state index in [1.54, 1.807) is 0 Å². The predicted octanol–water partition coefficient (Wildman–Crippen LogP) is 7.17. The summed E-state index contributed by atoms with van der Waals surface area (Å²) < 4.78 is 5.64. The van der Waals surface area contributed by atoms with Crippen LogP contribution >= 0.6 is 0 Å². The average Bonchev–Trinajstić information content (AvgIpc) is 2.73. The van der Waals surface area contributed by atoms with Crippen molar-refractivity contribution in [3.05, 3.63) is 72.3 Å². The molecule has 0 spiro atoms. The van der Waals surface area contributed by atoms with Crippen LogP contribution in [0.2, 0.25) is 0 Å². The Bertz CT molecular complexity index is 675. The maximum Gasteiger partial charge on any atom is 0.0644 e. The summed E-state index contributed by atoms with van der Waals surface area (Å²) in [5.74, 6) is 1.44. The lowest BCUT2D eigenvalue weighted by atomic mass is 9.79. The van der Waals surface area contributed by atoms with Crippen molar-refractivity contribution in [2.45, 2.75) is 57.8 Å². The second-order valence-electron chi connectivity index (χ2n) is 7.97. The van der Waals surface area contributed by atoms with Crippen molar-refractivity contribution in [2.24, 2.45) is 5.92 Å². The minimum Gasteiger partial charge on any atom is -0.377 e. The maximum absolute atomic E-state index is 5.64. The summed E-state index contributed by atoms with van der Waals surface area (Å²) in [5.41, 5.74) is 5.60. The number of ether oxygens (including phenoxy) is 1. The summed E-state index contributed by atoms with van der Waals surface area (Å²) in [7, 11) is 0. The molecule has 0 aromatic heterocycles. The summed E-state index contributed by atoms with van der Waals surface area (Å²) in [6.45, 7) is 7.54. The Morgan fingerprint density at radius 3 is 2.15 bits per heavy atom. The molecule has 0 radical (unpaired) electrons. The van der Waals surface area contributed by atoms with Gasteiger partial charge in [-0.1, -0.05) is 68.0 Å². The third-order valence-corrected chi connectivity index (χ3v) is 5.92. The highest BCUT2D eigenvalue weighted by molar-refractivity contribution is 5.64. The molecule has 0 bridgehead atoms. The number of benzene rings is 2. The molecule has 3 rings (SSSR count). The normalized spacial score (nSPS) is 19.7. The molecule has 0 unspecified atom stereocenters. The topological polar surface area (TPSA) is 9.23 Å². The van der Waals surface area contributed by atoms with Crippen LogP contribution in [0.5, 0.6) is 0 Å². The van der Waals surface area contributed by atoms with Crippen molar-refractivity contribution in [2.75, 3.05) is 13.2 Å². The minimum atomic E-state index is 0.682. The Hall–Kier alpha value is -1.86. The zero-order chi connectivity index (χ0) is 18.9. The monoisotopic (exact) mass is 362 g/mol. The van der Waals surface area contributed by atoms with Gasteiger partial charge in [-0.2, -0.15) is 0 Å². The summed E-state index contributed by atoms with van der Waals surface area (Å²) in [6.07, 6.45) is 10.7. The first-order valence-electron chi connectivity index (χ1n) is 10.7. The molecule has 0 atom stereocenters. The highest BCUT2D eigenvalue weighted by atomic mass is 16.5. The van der Waals surface area contributed by atoms with Crippen LogP contribution in [0.25, 0.3) is 11.1 Å². The van der Waals surface area contributed by atoms with E-state index in [1.807, 2.05) is 6.08 Å². The Morgan fingerprint density at radius 2 is 1.56 bits per heavy atom. The quantitative estimate of drug-likeness (QED) is 0.339. The molecule has 2 aromatic carbocycles. The molecule has 0 saturated heterocycles. The number of rotatable bonds is 9. The van der Waals surface area contributed by atoms with Crippen LogP contribution in [0.3, 0.4) is 0 Å². The fourth-order valence-electron chi connectivity index (χ4n) is 4.17. The second-order valence-corrected chi connectivity index (χ2v) is 7.97. The predicted molar refractivity (Wildman–Crippen MR) is 116 cm³/mol. The van der Waals surface area contributed by atoms with E-state index in [2.05, 4.69) is 62.0 Å². The van der Waals surface area contributed by atoms with Crippen LogP contribution in [0.4, 0.5) is 0 Å². The number of unbranched alkanes of at least 4 members (excludes halogenated alkanes) is 1. The van der Waals surface area contributed by atoms with E-state index in [0.29, 0.717) is 12.5 Å². The fraction of sp³-hybridized carbons (Fsp3) is 0.462. The number of hydrogen-bond donors (Lipinski definition) is 0. The van der Waals surface area contributed by atoms with Crippen molar-refractivity contribution in [1.29, 1.82) is 0 Å². The van der Waals surface area contributed by atoms with Crippen LogP contribution in [0, 0.1) is 5.92 Å². The van der Waals surface area contributed by atoms with Gasteiger partial charge in [0.05, 0.1) is 6.61 Å². The molecule has 1 saturated carbocycles. The largest absolute Gasteiger partial charge is 0.377 e. The third kappa shape index (κ3) is 5.81. The van der Waals surface area contributed by atoms with Gasteiger partial charge in [-0.25, -0.2) is 0 Å². The van der Waals surface area contributed by atoms with Gasteiger partial charge in [-0.05, 0) is 72.6 Å². The van der Waals surface area contributed by atoms with Gasteiger partial charge in [0.1, 0.15) is 0 Å². The summed E-state index contributed by atoms with van der Waals surface area (Å²) in [5, 5.41) is 0. The fourth-order valence-corrected chi connectivity index (χ4v) is 4.17. The molecule has 1 aliphatic carbocycles. The molecule has 1 aliphatic rings. The van der Waals surface area contributed by atoms with Crippen LogP contribution in [0.15, 0.2) is 61.2 Å². The Balaban J connectivity index is 1.54. The zero-order valence-corrected chi connectivity index (χ0v) is 16.8. The molecule has 27 heavy (non-hydrogen) atoms. The molecule has 0 heterocycles. The van der Waals surface area contributed by atoms with Crippen molar-refractivity contribution < 1.29 is 4.74 Å². The highest BCUT2D eigenvalue weighted by Gasteiger charge is 2.22. The van der Waals surface area contributed by atoms with Gasteiger partial charge in [-0.15, -0.1) is 6.58 Å². The molecule has 0 amide bonds. The molecular weight excluding hydrogens is 328 g/mol. The van der Waals surface area contributed by atoms with E-state index in [1.165, 1.54) is 67.2 Å². The standard InChI is InChI=1S/C26H34O/c1-3-5-6-21-7-11-23(12-8-21)25-15-17-26(18-16-25)24-13-9-22(10-14-24)20-27-19-4-2/h4,7-8,11-12,15-18,22,24H,2-3,5-6,9-10,13-14,19-20H2,1H3. The van der Waals surface area contributed by atoms with Gasteiger partial charge in [-0.3, -0.25) is 0 Å². The lowest BCUT2D eigenvalue weighted by molar-refractivity contribution is 0.102. The lowest BCUT2D eigenvalue weighted by Crippen LogP contribution is -2.18. The Labute approximate surface area is 165 Å². The van der Waals surface area contributed by atoms with Gasteiger partial charge in [0.25, 0.3) is 0 Å². The van der Waals surface area contributed by atoms with Gasteiger partial charge in [0.2, 0.25) is 0 Å². The Kier molecular flexibility index (Phi) is 7.71. The summed E-state index contributed by atoms with van der Waals surface area (Å²) in [6, 6.07) is 18.4. The van der Waals surface area contributed by atoms with Crippen LogP contribution in [0.1, 0.15) is 62.5 Å². The molecule has 0 N–H and O–H groups in total. The van der Waals surface area contributed by atoms with Crippen molar-refractivity contribution in [3.8, 4) is 11.1 Å². The van der Waals surface area contributed by atoms with E-state index >= 15 is 0 Å². The van der Waals surface area contributed by atoms with E-state index in [4.69, 9.17) is 4.74 Å². The first-order valence-corrected chi connectivity index (χ1v) is 10.7. The SMILES string of the molecule is C=CCOCC1CCC(c2ccc(-c3ccc(CCCC)cc3)cc2)CC1. The number of hydrogen-bond acceptors (Lipinski definition) is 1. The van der Waals surface area contributed by atoms with Gasteiger partial charge in [0.15, 0.2) is 0 Å². The van der Waals surface area contributed by atoms with E-state index in [9.17, 15) is 0 Å². The minimum absolute atomic E-state index is 0.682. The van der Waals surface area contributed by atoms with E-state index < -0.39 is 0 Å². The Morgan fingerprint density at radius 1 is 0.926 bits per heavy atom.